The van der Waals surface area contributed by atoms with Crippen LogP contribution in [0.3, 0.4) is 0 Å². The van der Waals surface area contributed by atoms with E-state index in [1.54, 1.807) is 11.0 Å². The standard InChI is InChI=1S/C11H16N6/c1-3-12-9-5-4-6-10(15-9)13-7-11-14-8-17(2)16-11/h4-6,8H,3,7H2,1-2H3,(H2,12,13,15). The Morgan fingerprint density at radius 3 is 2.65 bits per heavy atom. The van der Waals surface area contributed by atoms with Gasteiger partial charge in [0.25, 0.3) is 0 Å². The third-order valence-electron chi connectivity index (χ3n) is 2.18. The van der Waals surface area contributed by atoms with E-state index in [2.05, 4.69) is 25.7 Å². The zero-order valence-corrected chi connectivity index (χ0v) is 10.0. The van der Waals surface area contributed by atoms with E-state index in [1.807, 2.05) is 32.2 Å². The van der Waals surface area contributed by atoms with E-state index in [-0.39, 0.29) is 0 Å². The van der Waals surface area contributed by atoms with Gasteiger partial charge in [-0.05, 0) is 19.1 Å². The van der Waals surface area contributed by atoms with Crippen molar-refractivity contribution in [3.63, 3.8) is 0 Å². The fourth-order valence-corrected chi connectivity index (χ4v) is 1.45. The lowest BCUT2D eigenvalue weighted by Gasteiger charge is -2.06. The normalized spacial score (nSPS) is 10.2. The molecule has 2 aromatic heterocycles. The highest BCUT2D eigenvalue weighted by Gasteiger charge is 2.00. The Hall–Kier alpha value is -2.11. The van der Waals surface area contributed by atoms with Crippen LogP contribution in [-0.4, -0.2) is 26.3 Å². The molecule has 17 heavy (non-hydrogen) atoms. The van der Waals surface area contributed by atoms with Crippen molar-refractivity contribution >= 4 is 11.6 Å². The molecule has 0 aliphatic carbocycles. The van der Waals surface area contributed by atoms with Gasteiger partial charge < -0.3 is 10.6 Å². The monoisotopic (exact) mass is 232 g/mol. The molecule has 2 aromatic rings. The molecule has 0 aliphatic rings. The van der Waals surface area contributed by atoms with Crippen LogP contribution in [0.1, 0.15) is 12.7 Å². The van der Waals surface area contributed by atoms with E-state index in [0.29, 0.717) is 6.54 Å². The maximum absolute atomic E-state index is 4.40. The number of nitrogens with zero attached hydrogens (tertiary/aromatic N) is 4. The van der Waals surface area contributed by atoms with Gasteiger partial charge >= 0.3 is 0 Å². The van der Waals surface area contributed by atoms with Crippen LogP contribution in [0, 0.1) is 0 Å². The maximum Gasteiger partial charge on any atom is 0.169 e. The zero-order valence-electron chi connectivity index (χ0n) is 10.0. The summed E-state index contributed by atoms with van der Waals surface area (Å²) in [6, 6.07) is 5.82. The molecule has 6 heteroatoms. The Balaban J connectivity index is 1.96. The van der Waals surface area contributed by atoms with Gasteiger partial charge in [0.15, 0.2) is 5.82 Å². The summed E-state index contributed by atoms with van der Waals surface area (Å²) in [5.41, 5.74) is 0. The third kappa shape index (κ3) is 3.17. The molecule has 0 amide bonds. The number of rotatable bonds is 5. The van der Waals surface area contributed by atoms with Gasteiger partial charge in [-0.15, -0.1) is 0 Å². The fraction of sp³-hybridized carbons (Fsp3) is 0.364. The zero-order chi connectivity index (χ0) is 12.1. The van der Waals surface area contributed by atoms with Crippen molar-refractivity contribution in [3.05, 3.63) is 30.4 Å². The Morgan fingerprint density at radius 2 is 2.00 bits per heavy atom. The number of hydrogen-bond donors (Lipinski definition) is 2. The number of nitrogens with one attached hydrogen (secondary N) is 2. The summed E-state index contributed by atoms with van der Waals surface area (Å²) in [7, 11) is 1.85. The summed E-state index contributed by atoms with van der Waals surface area (Å²) in [4.78, 5) is 8.54. The summed E-state index contributed by atoms with van der Waals surface area (Å²) >= 11 is 0. The summed E-state index contributed by atoms with van der Waals surface area (Å²) in [5, 5.41) is 10.5. The average molecular weight is 232 g/mol. The minimum absolute atomic E-state index is 0.573. The molecule has 0 aromatic carbocycles. The van der Waals surface area contributed by atoms with Gasteiger partial charge in [-0.2, -0.15) is 5.10 Å². The summed E-state index contributed by atoms with van der Waals surface area (Å²) < 4.78 is 1.68. The second kappa shape index (κ2) is 5.29. The lowest BCUT2D eigenvalue weighted by Crippen LogP contribution is -2.05. The second-order valence-electron chi connectivity index (χ2n) is 3.63. The van der Waals surface area contributed by atoms with Crippen LogP contribution < -0.4 is 10.6 Å². The summed E-state index contributed by atoms with van der Waals surface area (Å²) in [5.74, 6) is 2.44. The first kappa shape index (κ1) is 11.4. The molecule has 0 unspecified atom stereocenters. The Kier molecular flexibility index (Phi) is 3.54. The highest BCUT2D eigenvalue weighted by atomic mass is 15.3. The molecule has 2 heterocycles. The highest BCUT2D eigenvalue weighted by molar-refractivity contribution is 5.44. The number of aromatic nitrogens is 4. The van der Waals surface area contributed by atoms with Crippen molar-refractivity contribution in [2.24, 2.45) is 7.05 Å². The first-order valence-electron chi connectivity index (χ1n) is 5.57. The molecule has 0 saturated carbocycles. The first-order chi connectivity index (χ1) is 8.28. The first-order valence-corrected chi connectivity index (χ1v) is 5.57. The minimum Gasteiger partial charge on any atom is -0.370 e. The Labute approximate surface area is 100 Å². The molecular formula is C11H16N6. The Morgan fingerprint density at radius 1 is 1.24 bits per heavy atom. The predicted molar refractivity (Wildman–Crippen MR) is 66.7 cm³/mol. The quantitative estimate of drug-likeness (QED) is 0.812. The number of anilines is 2. The molecule has 0 atom stereocenters. The molecule has 0 bridgehead atoms. The van der Waals surface area contributed by atoms with Crippen molar-refractivity contribution in [2.75, 3.05) is 17.2 Å². The van der Waals surface area contributed by atoms with Gasteiger partial charge in [0.05, 0.1) is 6.54 Å². The van der Waals surface area contributed by atoms with Crippen LogP contribution in [0.2, 0.25) is 0 Å². The SMILES string of the molecule is CCNc1cccc(NCc2ncn(C)n2)n1. The van der Waals surface area contributed by atoms with Crippen molar-refractivity contribution in [1.82, 2.24) is 19.7 Å². The second-order valence-corrected chi connectivity index (χ2v) is 3.63. The molecular weight excluding hydrogens is 216 g/mol. The van der Waals surface area contributed by atoms with Gasteiger partial charge in [0, 0.05) is 13.6 Å². The van der Waals surface area contributed by atoms with Crippen molar-refractivity contribution in [3.8, 4) is 0 Å². The van der Waals surface area contributed by atoms with E-state index in [0.717, 1.165) is 24.0 Å². The highest BCUT2D eigenvalue weighted by Crippen LogP contribution is 2.09. The molecule has 90 valence electrons. The van der Waals surface area contributed by atoms with Gasteiger partial charge in [0.2, 0.25) is 0 Å². The van der Waals surface area contributed by atoms with Crippen LogP contribution in [-0.2, 0) is 13.6 Å². The molecule has 0 saturated heterocycles. The van der Waals surface area contributed by atoms with Crippen molar-refractivity contribution < 1.29 is 0 Å². The summed E-state index contributed by atoms with van der Waals surface area (Å²) in [6.07, 6.45) is 1.68. The van der Waals surface area contributed by atoms with E-state index in [1.165, 1.54) is 0 Å². The fourth-order valence-electron chi connectivity index (χ4n) is 1.45. The van der Waals surface area contributed by atoms with Crippen LogP contribution >= 0.6 is 0 Å². The minimum atomic E-state index is 0.573. The lowest BCUT2D eigenvalue weighted by atomic mass is 10.4. The van der Waals surface area contributed by atoms with Crippen molar-refractivity contribution in [1.29, 1.82) is 0 Å². The molecule has 2 rings (SSSR count). The largest absolute Gasteiger partial charge is 0.370 e. The smallest absolute Gasteiger partial charge is 0.169 e. The van der Waals surface area contributed by atoms with E-state index in [9.17, 15) is 0 Å². The Bertz CT molecular complexity index is 478. The molecule has 0 fully saturated rings. The number of aryl methyl sites for hydroxylation is 1. The molecule has 0 aliphatic heterocycles. The lowest BCUT2D eigenvalue weighted by molar-refractivity contribution is 0.747. The van der Waals surface area contributed by atoms with Crippen LogP contribution in [0.25, 0.3) is 0 Å². The maximum atomic E-state index is 4.40. The molecule has 6 nitrogen and oxygen atoms in total. The van der Waals surface area contributed by atoms with Gasteiger partial charge in [0.1, 0.15) is 18.0 Å². The van der Waals surface area contributed by atoms with Crippen LogP contribution in [0.15, 0.2) is 24.5 Å². The molecule has 0 spiro atoms. The van der Waals surface area contributed by atoms with Gasteiger partial charge in [-0.1, -0.05) is 6.07 Å². The van der Waals surface area contributed by atoms with E-state index < -0.39 is 0 Å². The van der Waals surface area contributed by atoms with Crippen LogP contribution in [0.4, 0.5) is 11.6 Å². The topological polar surface area (TPSA) is 67.7 Å². The predicted octanol–water partition coefficient (Wildman–Crippen LogP) is 1.25. The van der Waals surface area contributed by atoms with Gasteiger partial charge in [-0.25, -0.2) is 9.97 Å². The average Bonchev–Trinajstić information content (AvgIpc) is 2.74. The third-order valence-corrected chi connectivity index (χ3v) is 2.18. The molecule has 2 N–H and O–H groups in total. The number of hydrogen-bond acceptors (Lipinski definition) is 5. The van der Waals surface area contributed by atoms with E-state index >= 15 is 0 Å². The van der Waals surface area contributed by atoms with E-state index in [4.69, 9.17) is 0 Å². The van der Waals surface area contributed by atoms with Gasteiger partial charge in [-0.3, -0.25) is 4.68 Å². The molecule has 0 radical (unpaired) electrons. The number of pyridine rings is 1. The van der Waals surface area contributed by atoms with Crippen molar-refractivity contribution in [2.45, 2.75) is 13.5 Å². The summed E-state index contributed by atoms with van der Waals surface area (Å²) in [6.45, 7) is 3.47. The van der Waals surface area contributed by atoms with Crippen LogP contribution in [0.5, 0.6) is 0 Å².